The minimum absolute atomic E-state index is 0.0660. The van der Waals surface area contributed by atoms with Crippen LogP contribution in [0.5, 0.6) is 0 Å². The number of amides is 1. The highest BCUT2D eigenvalue weighted by Gasteiger charge is 2.41. The molecule has 0 aliphatic rings. The van der Waals surface area contributed by atoms with Crippen molar-refractivity contribution in [3.05, 3.63) is 0 Å². The Balaban J connectivity index is 5.02. The number of nitriles is 1. The maximum atomic E-state index is 11.5. The molecular weight excluding hydrogens is 284 g/mol. The Labute approximate surface area is 130 Å². The van der Waals surface area contributed by atoms with Gasteiger partial charge in [-0.2, -0.15) is 5.26 Å². The fourth-order valence-electron chi connectivity index (χ4n) is 1.69. The molecule has 0 bridgehead atoms. The molecule has 21 heavy (non-hydrogen) atoms. The van der Waals surface area contributed by atoms with E-state index >= 15 is 0 Å². The van der Waals surface area contributed by atoms with Gasteiger partial charge in [-0.3, -0.25) is 4.79 Å². The summed E-state index contributed by atoms with van der Waals surface area (Å²) in [5, 5.41) is 12.2. The molecular formula is C15H30N2O3Si. The maximum absolute atomic E-state index is 11.5. The summed E-state index contributed by atoms with van der Waals surface area (Å²) < 4.78 is 11.5. The van der Waals surface area contributed by atoms with Crippen LogP contribution in [0.1, 0.15) is 41.0 Å². The number of rotatable bonds is 7. The summed E-state index contributed by atoms with van der Waals surface area (Å²) in [5.41, 5.74) is 0. The van der Waals surface area contributed by atoms with E-state index in [1.807, 2.05) is 6.92 Å². The van der Waals surface area contributed by atoms with Gasteiger partial charge in [0.2, 0.25) is 5.91 Å². The van der Waals surface area contributed by atoms with Gasteiger partial charge in [0, 0.05) is 13.5 Å². The van der Waals surface area contributed by atoms with E-state index in [9.17, 15) is 10.1 Å². The van der Waals surface area contributed by atoms with E-state index in [0.717, 1.165) is 0 Å². The standard InChI is InChI=1S/C15H30N2O3Si/c1-9-13(18)17-14(19-6)12(10-16)11(2)20-21(7,8)15(3,4)5/h11-12,14H,9H2,1-8H3,(H,17,18)/t11-,12-,14+/m1/s1. The quantitative estimate of drug-likeness (QED) is 0.579. The summed E-state index contributed by atoms with van der Waals surface area (Å²) in [6, 6.07) is 2.21. The molecule has 0 unspecified atom stereocenters. The van der Waals surface area contributed by atoms with Gasteiger partial charge in [-0.05, 0) is 25.1 Å². The van der Waals surface area contributed by atoms with E-state index in [2.05, 4.69) is 45.3 Å². The van der Waals surface area contributed by atoms with Crippen LogP contribution in [0.3, 0.4) is 0 Å². The molecule has 0 aromatic carbocycles. The van der Waals surface area contributed by atoms with Gasteiger partial charge in [-0.15, -0.1) is 0 Å². The molecule has 0 saturated heterocycles. The Bertz CT molecular complexity index is 385. The molecule has 5 nitrogen and oxygen atoms in total. The summed E-state index contributed by atoms with van der Waals surface area (Å²) in [7, 11) is -0.483. The molecule has 0 aliphatic carbocycles. The molecule has 0 saturated carbocycles. The Kier molecular flexibility index (Phi) is 7.58. The molecule has 0 radical (unpaired) electrons. The van der Waals surface area contributed by atoms with Crippen LogP contribution in [0, 0.1) is 17.2 Å². The van der Waals surface area contributed by atoms with E-state index in [1.165, 1.54) is 7.11 Å². The zero-order valence-electron chi connectivity index (χ0n) is 14.6. The first-order valence-corrected chi connectivity index (χ1v) is 10.3. The number of carbonyl (C=O) groups excluding carboxylic acids is 1. The van der Waals surface area contributed by atoms with E-state index in [1.54, 1.807) is 6.92 Å². The monoisotopic (exact) mass is 314 g/mol. The summed E-state index contributed by atoms with van der Waals surface area (Å²) in [6.45, 7) is 14.4. The normalized spacial score (nSPS) is 16.7. The summed E-state index contributed by atoms with van der Waals surface area (Å²) in [5.74, 6) is -0.679. The third-order valence-electron chi connectivity index (χ3n) is 4.15. The van der Waals surface area contributed by atoms with Crippen molar-refractivity contribution in [2.45, 2.75) is 71.5 Å². The highest BCUT2D eigenvalue weighted by Crippen LogP contribution is 2.38. The third-order valence-corrected chi connectivity index (χ3v) is 8.72. The largest absolute Gasteiger partial charge is 0.413 e. The van der Waals surface area contributed by atoms with Crippen molar-refractivity contribution in [1.29, 1.82) is 5.26 Å². The fourth-order valence-corrected chi connectivity index (χ4v) is 3.12. The van der Waals surface area contributed by atoms with E-state index < -0.39 is 20.5 Å². The van der Waals surface area contributed by atoms with Crippen LogP contribution in [0.15, 0.2) is 0 Å². The van der Waals surface area contributed by atoms with Gasteiger partial charge in [-0.25, -0.2) is 0 Å². The van der Waals surface area contributed by atoms with Crippen molar-refractivity contribution in [2.24, 2.45) is 5.92 Å². The van der Waals surface area contributed by atoms with Crippen LogP contribution < -0.4 is 5.32 Å². The Hall–Kier alpha value is -0.903. The van der Waals surface area contributed by atoms with Gasteiger partial charge in [0.05, 0.1) is 12.2 Å². The molecule has 6 heteroatoms. The molecule has 0 aromatic rings. The number of methoxy groups -OCH3 is 1. The molecule has 3 atom stereocenters. The zero-order chi connectivity index (χ0) is 16.8. The van der Waals surface area contributed by atoms with Gasteiger partial charge >= 0.3 is 0 Å². The van der Waals surface area contributed by atoms with Crippen LogP contribution >= 0.6 is 0 Å². The van der Waals surface area contributed by atoms with Gasteiger partial charge < -0.3 is 14.5 Å². The molecule has 0 aliphatic heterocycles. The lowest BCUT2D eigenvalue weighted by molar-refractivity contribution is -0.126. The molecule has 0 aromatic heterocycles. The van der Waals surface area contributed by atoms with E-state index in [4.69, 9.17) is 9.16 Å². The number of nitrogens with one attached hydrogen (secondary N) is 1. The minimum Gasteiger partial charge on any atom is -0.413 e. The topological polar surface area (TPSA) is 71.3 Å². The number of carbonyl (C=O) groups is 1. The molecule has 122 valence electrons. The minimum atomic E-state index is -1.97. The Morgan fingerprint density at radius 1 is 1.38 bits per heavy atom. The van der Waals surface area contributed by atoms with Crippen LogP contribution in [-0.2, 0) is 14.0 Å². The van der Waals surface area contributed by atoms with Crippen molar-refractivity contribution in [3.63, 3.8) is 0 Å². The van der Waals surface area contributed by atoms with Crippen LogP contribution in [-0.4, -0.2) is 33.7 Å². The van der Waals surface area contributed by atoms with Crippen molar-refractivity contribution < 1.29 is 14.0 Å². The maximum Gasteiger partial charge on any atom is 0.221 e. The molecule has 0 fully saturated rings. The van der Waals surface area contributed by atoms with Crippen molar-refractivity contribution in [1.82, 2.24) is 5.32 Å². The molecule has 0 rings (SSSR count). The second-order valence-corrected chi connectivity index (χ2v) is 11.6. The van der Waals surface area contributed by atoms with Gasteiger partial charge in [0.1, 0.15) is 12.1 Å². The molecule has 0 spiro atoms. The number of nitrogens with zero attached hydrogens (tertiary/aromatic N) is 1. The van der Waals surface area contributed by atoms with Gasteiger partial charge in [0.25, 0.3) is 0 Å². The average molecular weight is 315 g/mol. The number of ether oxygens (including phenoxy) is 1. The highest BCUT2D eigenvalue weighted by atomic mass is 28.4. The lowest BCUT2D eigenvalue weighted by Gasteiger charge is -2.40. The SMILES string of the molecule is CCC(=O)N[C@@H](OC)[C@H](C#N)[C@@H](C)O[Si](C)(C)C(C)(C)C. The number of hydrogen-bond donors (Lipinski definition) is 1. The molecule has 1 amide bonds. The first-order valence-electron chi connectivity index (χ1n) is 7.39. The van der Waals surface area contributed by atoms with Crippen LogP contribution in [0.25, 0.3) is 0 Å². The van der Waals surface area contributed by atoms with Gasteiger partial charge in [-0.1, -0.05) is 27.7 Å². The first-order chi connectivity index (χ1) is 9.50. The highest BCUT2D eigenvalue weighted by molar-refractivity contribution is 6.74. The predicted molar refractivity (Wildman–Crippen MR) is 86.1 cm³/mol. The zero-order valence-corrected chi connectivity index (χ0v) is 15.6. The van der Waals surface area contributed by atoms with Crippen molar-refractivity contribution in [3.8, 4) is 6.07 Å². The summed E-state index contributed by atoms with van der Waals surface area (Å²) >= 11 is 0. The lowest BCUT2D eigenvalue weighted by atomic mass is 10.0. The Morgan fingerprint density at radius 3 is 2.24 bits per heavy atom. The summed E-state index contributed by atoms with van der Waals surface area (Å²) in [6.07, 6.45) is -0.602. The molecule has 0 heterocycles. The lowest BCUT2D eigenvalue weighted by Crippen LogP contribution is -2.50. The number of hydrogen-bond acceptors (Lipinski definition) is 4. The summed E-state index contributed by atoms with van der Waals surface area (Å²) in [4.78, 5) is 11.5. The Morgan fingerprint density at radius 2 is 1.90 bits per heavy atom. The second kappa shape index (κ2) is 7.92. The molecule has 1 N–H and O–H groups in total. The third kappa shape index (κ3) is 5.77. The smallest absolute Gasteiger partial charge is 0.221 e. The van der Waals surface area contributed by atoms with Crippen LogP contribution in [0.2, 0.25) is 18.1 Å². The van der Waals surface area contributed by atoms with Crippen molar-refractivity contribution in [2.75, 3.05) is 7.11 Å². The van der Waals surface area contributed by atoms with Gasteiger partial charge in [0.15, 0.2) is 8.32 Å². The first kappa shape index (κ1) is 20.1. The average Bonchev–Trinajstić information content (AvgIpc) is 2.35. The van der Waals surface area contributed by atoms with Crippen LogP contribution in [0.4, 0.5) is 0 Å². The predicted octanol–water partition coefficient (Wildman–Crippen LogP) is 3.04. The van der Waals surface area contributed by atoms with E-state index in [0.29, 0.717) is 6.42 Å². The fraction of sp³-hybridized carbons (Fsp3) is 0.867. The van der Waals surface area contributed by atoms with E-state index in [-0.39, 0.29) is 17.0 Å². The second-order valence-electron chi connectivity index (χ2n) is 6.82. The van der Waals surface area contributed by atoms with Crippen molar-refractivity contribution >= 4 is 14.2 Å².